The van der Waals surface area contributed by atoms with E-state index >= 15 is 0 Å². The number of tetrazole rings is 1. The lowest BCUT2D eigenvalue weighted by Gasteiger charge is -2.08. The SMILES string of the molecule is O=C(Cn1nnc(-c2cc(Cl)cc(Cl)c2)n1)NNc1ccc(Cl)c(Cl)c1. The normalized spacial score (nSPS) is 10.6. The van der Waals surface area contributed by atoms with Crippen molar-refractivity contribution in [3.05, 3.63) is 56.5 Å². The highest BCUT2D eigenvalue weighted by atomic mass is 35.5. The predicted molar refractivity (Wildman–Crippen MR) is 102 cm³/mol. The highest BCUT2D eigenvalue weighted by Crippen LogP contribution is 2.25. The molecule has 0 unspecified atom stereocenters. The summed E-state index contributed by atoms with van der Waals surface area (Å²) in [6.07, 6.45) is 0. The van der Waals surface area contributed by atoms with Crippen LogP contribution in [0.2, 0.25) is 20.1 Å². The zero-order valence-electron chi connectivity index (χ0n) is 12.9. The van der Waals surface area contributed by atoms with Crippen molar-refractivity contribution >= 4 is 58.0 Å². The molecule has 0 saturated heterocycles. The minimum absolute atomic E-state index is 0.143. The lowest BCUT2D eigenvalue weighted by atomic mass is 10.2. The first-order valence-corrected chi connectivity index (χ1v) is 8.66. The van der Waals surface area contributed by atoms with Crippen LogP contribution in [-0.2, 0) is 11.3 Å². The number of anilines is 1. The maximum Gasteiger partial charge on any atom is 0.261 e. The Kier molecular flexibility index (Phi) is 5.83. The topological polar surface area (TPSA) is 84.7 Å². The molecule has 0 radical (unpaired) electrons. The molecule has 7 nitrogen and oxygen atoms in total. The van der Waals surface area contributed by atoms with E-state index in [0.717, 1.165) is 4.80 Å². The maximum atomic E-state index is 12.0. The summed E-state index contributed by atoms with van der Waals surface area (Å²) in [6, 6.07) is 9.77. The molecule has 1 heterocycles. The molecular weight excluding hydrogens is 422 g/mol. The Morgan fingerprint density at radius 2 is 1.73 bits per heavy atom. The molecule has 1 amide bonds. The molecule has 0 atom stereocenters. The van der Waals surface area contributed by atoms with E-state index in [1.165, 1.54) is 0 Å². The lowest BCUT2D eigenvalue weighted by molar-refractivity contribution is -0.121. The van der Waals surface area contributed by atoms with E-state index in [1.54, 1.807) is 36.4 Å². The molecule has 134 valence electrons. The predicted octanol–water partition coefficient (Wildman–Crippen LogP) is 4.10. The van der Waals surface area contributed by atoms with Gasteiger partial charge in [0.25, 0.3) is 5.91 Å². The minimum Gasteiger partial charge on any atom is -0.299 e. The fourth-order valence-electron chi connectivity index (χ4n) is 1.99. The largest absolute Gasteiger partial charge is 0.299 e. The maximum absolute atomic E-state index is 12.0. The number of nitrogens with zero attached hydrogens (tertiary/aromatic N) is 4. The molecule has 0 aliphatic carbocycles. The van der Waals surface area contributed by atoms with Crippen molar-refractivity contribution in [2.45, 2.75) is 6.54 Å². The van der Waals surface area contributed by atoms with Gasteiger partial charge >= 0.3 is 0 Å². The Bertz CT molecular complexity index is 941. The van der Waals surface area contributed by atoms with Crippen molar-refractivity contribution in [2.75, 3.05) is 5.43 Å². The van der Waals surface area contributed by atoms with Gasteiger partial charge in [0, 0.05) is 15.6 Å². The number of carbonyl (C=O) groups is 1. The first kappa shape index (κ1) is 18.7. The Morgan fingerprint density at radius 3 is 2.42 bits per heavy atom. The van der Waals surface area contributed by atoms with E-state index in [0.29, 0.717) is 37.2 Å². The third-order valence-corrected chi connectivity index (χ3v) is 4.30. The average molecular weight is 432 g/mol. The third kappa shape index (κ3) is 4.76. The van der Waals surface area contributed by atoms with Gasteiger partial charge in [0.05, 0.1) is 15.7 Å². The second-order valence-corrected chi connectivity index (χ2v) is 6.79. The number of nitrogens with one attached hydrogen (secondary N) is 2. The molecule has 0 spiro atoms. The third-order valence-electron chi connectivity index (χ3n) is 3.12. The molecular formula is C15H10Cl4N6O. The highest BCUT2D eigenvalue weighted by Gasteiger charge is 2.11. The molecule has 0 fully saturated rings. The van der Waals surface area contributed by atoms with Gasteiger partial charge in [-0.1, -0.05) is 46.4 Å². The quantitative estimate of drug-likeness (QED) is 0.594. The number of hydrogen-bond donors (Lipinski definition) is 2. The Hall–Kier alpha value is -2.06. The Balaban J connectivity index is 1.61. The molecule has 0 aliphatic heterocycles. The van der Waals surface area contributed by atoms with E-state index in [9.17, 15) is 4.79 Å². The van der Waals surface area contributed by atoms with Crippen LogP contribution in [0, 0.1) is 0 Å². The van der Waals surface area contributed by atoms with Gasteiger partial charge in [0.2, 0.25) is 5.82 Å². The van der Waals surface area contributed by atoms with Crippen LogP contribution in [0.3, 0.4) is 0 Å². The summed E-state index contributed by atoms with van der Waals surface area (Å²) in [5.74, 6) is -0.0798. The number of amides is 1. The number of hydrazine groups is 1. The molecule has 11 heteroatoms. The summed E-state index contributed by atoms with van der Waals surface area (Å²) >= 11 is 23.6. The van der Waals surface area contributed by atoms with Gasteiger partial charge < -0.3 is 0 Å². The van der Waals surface area contributed by atoms with Gasteiger partial charge in [-0.3, -0.25) is 15.6 Å². The molecule has 26 heavy (non-hydrogen) atoms. The van der Waals surface area contributed by atoms with Crippen LogP contribution in [0.15, 0.2) is 36.4 Å². The lowest BCUT2D eigenvalue weighted by Crippen LogP contribution is -2.33. The van der Waals surface area contributed by atoms with Crippen molar-refractivity contribution in [3.8, 4) is 11.4 Å². The number of benzene rings is 2. The fraction of sp³-hybridized carbons (Fsp3) is 0.0667. The van der Waals surface area contributed by atoms with Crippen molar-refractivity contribution < 1.29 is 4.79 Å². The summed E-state index contributed by atoms with van der Waals surface area (Å²) in [5.41, 5.74) is 6.40. The second-order valence-electron chi connectivity index (χ2n) is 5.10. The summed E-state index contributed by atoms with van der Waals surface area (Å²) in [5, 5.41) is 13.6. The average Bonchev–Trinajstić information content (AvgIpc) is 3.03. The van der Waals surface area contributed by atoms with Crippen LogP contribution in [0.1, 0.15) is 0 Å². The Morgan fingerprint density at radius 1 is 1.00 bits per heavy atom. The molecule has 0 bridgehead atoms. The van der Waals surface area contributed by atoms with Crippen LogP contribution >= 0.6 is 46.4 Å². The molecule has 1 aromatic heterocycles. The van der Waals surface area contributed by atoms with Gasteiger partial charge in [0.1, 0.15) is 6.54 Å². The summed E-state index contributed by atoms with van der Waals surface area (Å²) in [7, 11) is 0. The van der Waals surface area contributed by atoms with Gasteiger partial charge in [0.15, 0.2) is 0 Å². The fourth-order valence-corrected chi connectivity index (χ4v) is 2.82. The monoisotopic (exact) mass is 430 g/mol. The van der Waals surface area contributed by atoms with Crippen LogP contribution in [0.25, 0.3) is 11.4 Å². The standard InChI is InChI=1S/C15H10Cl4N6O/c16-9-3-8(4-10(17)5-9)15-22-24-25(23-15)7-14(26)21-20-11-1-2-12(18)13(19)6-11/h1-6,20H,7H2,(H,21,26). The van der Waals surface area contributed by atoms with Gasteiger partial charge in [-0.2, -0.15) is 4.80 Å². The minimum atomic E-state index is -0.385. The van der Waals surface area contributed by atoms with E-state index in [4.69, 9.17) is 46.4 Å². The number of aromatic nitrogens is 4. The number of halogens is 4. The number of rotatable bonds is 5. The molecule has 3 aromatic rings. The number of carbonyl (C=O) groups excluding carboxylic acids is 1. The summed E-state index contributed by atoms with van der Waals surface area (Å²) < 4.78 is 0. The molecule has 3 rings (SSSR count). The molecule has 2 N–H and O–H groups in total. The summed E-state index contributed by atoms with van der Waals surface area (Å²) in [6.45, 7) is -0.143. The van der Waals surface area contributed by atoms with Crippen LogP contribution < -0.4 is 10.9 Å². The van der Waals surface area contributed by atoms with Crippen molar-refractivity contribution in [3.63, 3.8) is 0 Å². The first-order valence-electron chi connectivity index (χ1n) is 7.15. The second kappa shape index (κ2) is 8.09. The molecule has 0 saturated carbocycles. The van der Waals surface area contributed by atoms with E-state index in [2.05, 4.69) is 26.3 Å². The zero-order valence-corrected chi connectivity index (χ0v) is 15.9. The smallest absolute Gasteiger partial charge is 0.261 e. The van der Waals surface area contributed by atoms with Crippen LogP contribution in [0.4, 0.5) is 5.69 Å². The van der Waals surface area contributed by atoms with Crippen molar-refractivity contribution in [1.29, 1.82) is 0 Å². The van der Waals surface area contributed by atoms with Gasteiger partial charge in [-0.05, 0) is 41.6 Å². The number of hydrogen-bond acceptors (Lipinski definition) is 5. The van der Waals surface area contributed by atoms with E-state index in [1.807, 2.05) is 0 Å². The van der Waals surface area contributed by atoms with Crippen LogP contribution in [0.5, 0.6) is 0 Å². The van der Waals surface area contributed by atoms with Gasteiger partial charge in [-0.25, -0.2) is 0 Å². The van der Waals surface area contributed by atoms with Crippen molar-refractivity contribution in [1.82, 2.24) is 25.6 Å². The van der Waals surface area contributed by atoms with Gasteiger partial charge in [-0.15, -0.1) is 10.2 Å². The Labute approximate surface area is 168 Å². The van der Waals surface area contributed by atoms with Crippen LogP contribution in [-0.4, -0.2) is 26.1 Å². The molecule has 0 aliphatic rings. The van der Waals surface area contributed by atoms with E-state index < -0.39 is 0 Å². The molecule has 2 aromatic carbocycles. The van der Waals surface area contributed by atoms with E-state index in [-0.39, 0.29) is 12.5 Å². The van der Waals surface area contributed by atoms with Crippen molar-refractivity contribution in [2.24, 2.45) is 0 Å². The summed E-state index contributed by atoms with van der Waals surface area (Å²) in [4.78, 5) is 13.1. The zero-order chi connectivity index (χ0) is 18.7. The highest BCUT2D eigenvalue weighted by molar-refractivity contribution is 6.42. The first-order chi connectivity index (χ1) is 12.4.